The van der Waals surface area contributed by atoms with Crippen LogP contribution in [0.3, 0.4) is 0 Å². The van der Waals surface area contributed by atoms with E-state index in [0.29, 0.717) is 37.3 Å². The van der Waals surface area contributed by atoms with E-state index in [1.54, 1.807) is 22.4 Å². The molecule has 7 nitrogen and oxygen atoms in total. The number of nitrogens with two attached hydrogens (primary N) is 1. The number of unbranched alkanes of at least 4 members (excludes halogenated alkanes) is 1. The zero-order valence-corrected chi connectivity index (χ0v) is 12.0. The fourth-order valence-corrected chi connectivity index (χ4v) is 2.34. The maximum Gasteiger partial charge on any atom is 0.332 e. The Hall–Kier alpha value is -1.89. The summed E-state index contributed by atoms with van der Waals surface area (Å²) >= 11 is 0. The number of nitrogens with zero attached hydrogens (tertiary/aromatic N) is 4. The lowest BCUT2D eigenvalue weighted by Gasteiger charge is -2.10. The Kier molecular flexibility index (Phi) is 4.39. The first-order chi connectivity index (χ1) is 9.65. The number of hydrogen-bond donors (Lipinski definition) is 1. The van der Waals surface area contributed by atoms with Crippen molar-refractivity contribution in [3.05, 3.63) is 27.2 Å². The maximum atomic E-state index is 12.4. The lowest BCUT2D eigenvalue weighted by Crippen LogP contribution is -2.40. The summed E-state index contributed by atoms with van der Waals surface area (Å²) < 4.78 is 4.58. The summed E-state index contributed by atoms with van der Waals surface area (Å²) in [5, 5.41) is 0. The number of aryl methyl sites for hydroxylation is 1. The third kappa shape index (κ3) is 2.29. The molecule has 0 aliphatic rings. The van der Waals surface area contributed by atoms with Gasteiger partial charge in [0, 0.05) is 26.2 Å². The lowest BCUT2D eigenvalue weighted by atomic mass is 10.3. The molecule has 0 saturated heterocycles. The second kappa shape index (κ2) is 6.04. The van der Waals surface area contributed by atoms with Gasteiger partial charge < -0.3 is 10.3 Å². The molecule has 2 heterocycles. The molecule has 2 rings (SSSR count). The van der Waals surface area contributed by atoms with E-state index in [9.17, 15) is 9.59 Å². The molecule has 2 aromatic heterocycles. The van der Waals surface area contributed by atoms with Gasteiger partial charge in [0.25, 0.3) is 5.56 Å². The van der Waals surface area contributed by atoms with Gasteiger partial charge in [0.05, 0.1) is 6.33 Å². The summed E-state index contributed by atoms with van der Waals surface area (Å²) in [6, 6.07) is 0. The van der Waals surface area contributed by atoms with Crippen LogP contribution in [0.5, 0.6) is 0 Å². The number of hydrogen-bond acceptors (Lipinski definition) is 4. The minimum atomic E-state index is -0.286. The Balaban J connectivity index is 2.77. The second-order valence-electron chi connectivity index (χ2n) is 4.74. The highest BCUT2D eigenvalue weighted by Gasteiger charge is 2.16. The van der Waals surface area contributed by atoms with E-state index in [2.05, 4.69) is 11.9 Å². The predicted molar refractivity (Wildman–Crippen MR) is 77.9 cm³/mol. The van der Waals surface area contributed by atoms with Gasteiger partial charge in [-0.05, 0) is 13.3 Å². The van der Waals surface area contributed by atoms with Gasteiger partial charge >= 0.3 is 5.69 Å². The van der Waals surface area contributed by atoms with E-state index in [4.69, 9.17) is 5.73 Å². The molecule has 7 heteroatoms. The standard InChI is InChI=1S/C13H21N5O2/c1-3-5-7-18-11-10(16(8-6-14)9-15-11)12(19)17(4-2)13(18)20/h9H,3-8,14H2,1-2H3. The van der Waals surface area contributed by atoms with Crippen LogP contribution in [-0.2, 0) is 19.6 Å². The molecule has 0 bridgehead atoms. The van der Waals surface area contributed by atoms with E-state index in [-0.39, 0.29) is 11.2 Å². The highest BCUT2D eigenvalue weighted by atomic mass is 16.2. The molecule has 0 radical (unpaired) electrons. The molecule has 0 spiro atoms. The Bertz CT molecular complexity index is 710. The molecule has 0 atom stereocenters. The molecule has 2 N–H and O–H groups in total. The number of rotatable bonds is 6. The third-order valence-corrected chi connectivity index (χ3v) is 3.41. The Morgan fingerprint density at radius 1 is 1.20 bits per heavy atom. The molecule has 0 fully saturated rings. The van der Waals surface area contributed by atoms with Crippen LogP contribution in [0, 0.1) is 0 Å². The van der Waals surface area contributed by atoms with Crippen molar-refractivity contribution in [1.82, 2.24) is 18.7 Å². The summed E-state index contributed by atoms with van der Waals surface area (Å²) in [7, 11) is 0. The van der Waals surface area contributed by atoms with Gasteiger partial charge in [0.2, 0.25) is 0 Å². The third-order valence-electron chi connectivity index (χ3n) is 3.41. The fourth-order valence-electron chi connectivity index (χ4n) is 2.34. The van der Waals surface area contributed by atoms with Crippen LogP contribution in [0.15, 0.2) is 15.9 Å². The normalized spacial score (nSPS) is 11.3. The Morgan fingerprint density at radius 2 is 1.95 bits per heavy atom. The molecule has 0 unspecified atom stereocenters. The molecule has 20 heavy (non-hydrogen) atoms. The van der Waals surface area contributed by atoms with Crippen LogP contribution < -0.4 is 17.0 Å². The first-order valence-electron chi connectivity index (χ1n) is 7.04. The van der Waals surface area contributed by atoms with Crippen LogP contribution in [0.2, 0.25) is 0 Å². The average molecular weight is 279 g/mol. The van der Waals surface area contributed by atoms with Crippen LogP contribution in [0.4, 0.5) is 0 Å². The van der Waals surface area contributed by atoms with Crippen LogP contribution >= 0.6 is 0 Å². The molecule has 0 aromatic carbocycles. The van der Waals surface area contributed by atoms with Crippen LogP contribution in [0.1, 0.15) is 26.7 Å². The zero-order chi connectivity index (χ0) is 14.7. The van der Waals surface area contributed by atoms with E-state index in [1.165, 1.54) is 4.57 Å². The summed E-state index contributed by atoms with van der Waals surface area (Å²) in [6.45, 7) is 5.72. The van der Waals surface area contributed by atoms with Gasteiger partial charge in [-0.3, -0.25) is 13.9 Å². The molecule has 0 amide bonds. The molecule has 0 aliphatic heterocycles. The van der Waals surface area contributed by atoms with Crippen molar-refractivity contribution >= 4 is 11.2 Å². The highest BCUT2D eigenvalue weighted by Crippen LogP contribution is 2.07. The quantitative estimate of drug-likeness (QED) is 0.814. The monoisotopic (exact) mass is 279 g/mol. The van der Waals surface area contributed by atoms with Crippen molar-refractivity contribution in [2.45, 2.75) is 46.3 Å². The average Bonchev–Trinajstić information content (AvgIpc) is 2.84. The lowest BCUT2D eigenvalue weighted by molar-refractivity contribution is 0.560. The van der Waals surface area contributed by atoms with Crippen molar-refractivity contribution in [3.63, 3.8) is 0 Å². The molecule has 110 valence electrons. The molecular formula is C13H21N5O2. The summed E-state index contributed by atoms with van der Waals surface area (Å²) in [5.74, 6) is 0. The van der Waals surface area contributed by atoms with E-state index >= 15 is 0 Å². The highest BCUT2D eigenvalue weighted by molar-refractivity contribution is 5.70. The Morgan fingerprint density at radius 3 is 2.55 bits per heavy atom. The van der Waals surface area contributed by atoms with E-state index < -0.39 is 0 Å². The van der Waals surface area contributed by atoms with Crippen molar-refractivity contribution in [2.75, 3.05) is 6.54 Å². The van der Waals surface area contributed by atoms with Gasteiger partial charge in [0.1, 0.15) is 0 Å². The van der Waals surface area contributed by atoms with Crippen molar-refractivity contribution in [2.24, 2.45) is 5.73 Å². The van der Waals surface area contributed by atoms with Crippen LogP contribution in [0.25, 0.3) is 11.2 Å². The van der Waals surface area contributed by atoms with E-state index in [0.717, 1.165) is 12.8 Å². The smallest absolute Gasteiger partial charge is 0.329 e. The van der Waals surface area contributed by atoms with Crippen LogP contribution in [-0.4, -0.2) is 25.2 Å². The topological polar surface area (TPSA) is 87.8 Å². The van der Waals surface area contributed by atoms with E-state index in [1.807, 2.05) is 0 Å². The molecular weight excluding hydrogens is 258 g/mol. The first kappa shape index (κ1) is 14.5. The van der Waals surface area contributed by atoms with Gasteiger partial charge in [-0.1, -0.05) is 13.3 Å². The van der Waals surface area contributed by atoms with Gasteiger partial charge in [0.15, 0.2) is 11.2 Å². The number of imidazole rings is 1. The minimum Gasteiger partial charge on any atom is -0.329 e. The first-order valence-corrected chi connectivity index (χ1v) is 7.04. The van der Waals surface area contributed by atoms with Crippen molar-refractivity contribution in [3.8, 4) is 0 Å². The van der Waals surface area contributed by atoms with Gasteiger partial charge in [-0.25, -0.2) is 9.78 Å². The summed E-state index contributed by atoms with van der Waals surface area (Å²) in [6.07, 6.45) is 3.43. The number of aromatic nitrogens is 4. The molecule has 0 saturated carbocycles. The predicted octanol–water partition coefficient (Wildman–Crippen LogP) is 0.138. The summed E-state index contributed by atoms with van der Waals surface area (Å²) in [4.78, 5) is 29.0. The van der Waals surface area contributed by atoms with Gasteiger partial charge in [-0.2, -0.15) is 0 Å². The van der Waals surface area contributed by atoms with Gasteiger partial charge in [-0.15, -0.1) is 0 Å². The Labute approximate surface area is 116 Å². The molecule has 2 aromatic rings. The SMILES string of the molecule is CCCCn1c(=O)n(CC)c(=O)c2c1ncn2CCN. The summed E-state index contributed by atoms with van der Waals surface area (Å²) in [5.41, 5.74) is 5.92. The number of fused-ring (bicyclic) bond motifs is 1. The molecule has 0 aliphatic carbocycles. The maximum absolute atomic E-state index is 12.4. The zero-order valence-electron chi connectivity index (χ0n) is 12.0. The minimum absolute atomic E-state index is 0.281. The largest absolute Gasteiger partial charge is 0.332 e. The fraction of sp³-hybridized carbons (Fsp3) is 0.615. The van der Waals surface area contributed by atoms with Crippen molar-refractivity contribution < 1.29 is 0 Å². The second-order valence-corrected chi connectivity index (χ2v) is 4.74. The van der Waals surface area contributed by atoms with Crippen molar-refractivity contribution in [1.29, 1.82) is 0 Å².